The average molecular weight is 428 g/mol. The number of nitrogens with zero attached hydrogens (tertiary/aromatic N) is 4. The van der Waals surface area contributed by atoms with E-state index in [2.05, 4.69) is 20.4 Å². The zero-order valence-corrected chi connectivity index (χ0v) is 17.3. The molecule has 9 heteroatoms. The summed E-state index contributed by atoms with van der Waals surface area (Å²) in [5.41, 5.74) is 2.17. The van der Waals surface area contributed by atoms with Gasteiger partial charge in [0.15, 0.2) is 5.16 Å². The Kier molecular flexibility index (Phi) is 6.29. The Balaban J connectivity index is 1.39. The molecule has 2 heterocycles. The molecule has 1 N–H and O–H groups in total. The highest BCUT2D eigenvalue weighted by molar-refractivity contribution is 8.00. The monoisotopic (exact) mass is 427 g/mol. The standard InChI is InChI=1S/C21H22FN5O2S/c1-15(30-21-25-23-14-27(21)19-5-3-2-4-18(19)22)20(28)24-16-6-8-17(9-7-16)26-10-12-29-13-11-26/h2-9,14-15H,10-13H2,1H3,(H,24,28). The molecular formula is C21H22FN5O2S. The first-order valence-corrected chi connectivity index (χ1v) is 10.5. The first kappa shape index (κ1) is 20.4. The molecule has 0 spiro atoms. The molecule has 4 rings (SSSR count). The predicted octanol–water partition coefficient (Wildman–Crippen LogP) is 3.36. The molecule has 1 aromatic heterocycles. The number of benzene rings is 2. The maximum atomic E-state index is 14.1. The van der Waals surface area contributed by atoms with Crippen molar-refractivity contribution in [1.29, 1.82) is 0 Å². The lowest BCUT2D eigenvalue weighted by atomic mass is 10.2. The number of aromatic nitrogens is 3. The van der Waals surface area contributed by atoms with E-state index < -0.39 is 5.25 Å². The first-order chi connectivity index (χ1) is 14.6. The second-order valence-corrected chi connectivity index (χ2v) is 8.14. The van der Waals surface area contributed by atoms with E-state index in [1.54, 1.807) is 29.7 Å². The van der Waals surface area contributed by atoms with Gasteiger partial charge in [0.2, 0.25) is 5.91 Å². The molecule has 7 nitrogen and oxygen atoms in total. The molecule has 0 saturated carbocycles. The third kappa shape index (κ3) is 4.63. The van der Waals surface area contributed by atoms with Crippen LogP contribution in [0.25, 0.3) is 5.69 Å². The number of rotatable bonds is 6. The summed E-state index contributed by atoms with van der Waals surface area (Å²) in [6.45, 7) is 4.96. The third-order valence-electron chi connectivity index (χ3n) is 4.79. The van der Waals surface area contributed by atoms with E-state index in [1.807, 2.05) is 24.3 Å². The lowest BCUT2D eigenvalue weighted by Crippen LogP contribution is -2.36. The number of para-hydroxylation sites is 1. The second-order valence-electron chi connectivity index (χ2n) is 6.83. The highest BCUT2D eigenvalue weighted by Crippen LogP contribution is 2.26. The van der Waals surface area contributed by atoms with Crippen molar-refractivity contribution in [2.24, 2.45) is 0 Å². The minimum atomic E-state index is -0.446. The molecular weight excluding hydrogens is 405 g/mol. The number of thioether (sulfide) groups is 1. The van der Waals surface area contributed by atoms with Gasteiger partial charge in [0.05, 0.1) is 24.2 Å². The first-order valence-electron chi connectivity index (χ1n) is 9.67. The van der Waals surface area contributed by atoms with E-state index in [0.29, 0.717) is 10.8 Å². The highest BCUT2D eigenvalue weighted by Gasteiger charge is 2.20. The average Bonchev–Trinajstić information content (AvgIpc) is 3.23. The van der Waals surface area contributed by atoms with E-state index in [4.69, 9.17) is 4.74 Å². The van der Waals surface area contributed by atoms with Crippen molar-refractivity contribution in [1.82, 2.24) is 14.8 Å². The van der Waals surface area contributed by atoms with E-state index in [-0.39, 0.29) is 11.7 Å². The van der Waals surface area contributed by atoms with Crippen LogP contribution in [-0.4, -0.2) is 52.2 Å². The Morgan fingerprint density at radius 2 is 1.90 bits per heavy atom. The van der Waals surface area contributed by atoms with Crippen LogP contribution in [0.2, 0.25) is 0 Å². The van der Waals surface area contributed by atoms with Crippen molar-refractivity contribution in [2.75, 3.05) is 36.5 Å². The van der Waals surface area contributed by atoms with Crippen molar-refractivity contribution >= 4 is 29.0 Å². The molecule has 1 aliphatic heterocycles. The summed E-state index contributed by atoms with van der Waals surface area (Å²) < 4.78 is 21.0. The van der Waals surface area contributed by atoms with Crippen LogP contribution >= 0.6 is 11.8 Å². The summed E-state index contributed by atoms with van der Waals surface area (Å²) in [4.78, 5) is 14.9. The van der Waals surface area contributed by atoms with Crippen LogP contribution in [0.15, 0.2) is 60.0 Å². The zero-order chi connectivity index (χ0) is 20.9. The van der Waals surface area contributed by atoms with Crippen molar-refractivity contribution < 1.29 is 13.9 Å². The van der Waals surface area contributed by atoms with Gasteiger partial charge in [-0.05, 0) is 43.3 Å². The molecule has 30 heavy (non-hydrogen) atoms. The fourth-order valence-electron chi connectivity index (χ4n) is 3.15. The van der Waals surface area contributed by atoms with E-state index in [9.17, 15) is 9.18 Å². The van der Waals surface area contributed by atoms with Crippen molar-refractivity contribution in [2.45, 2.75) is 17.3 Å². The van der Waals surface area contributed by atoms with Gasteiger partial charge in [-0.1, -0.05) is 23.9 Å². The summed E-state index contributed by atoms with van der Waals surface area (Å²) in [6.07, 6.45) is 1.44. The molecule has 156 valence electrons. The van der Waals surface area contributed by atoms with Crippen molar-refractivity contribution in [3.8, 4) is 5.69 Å². The third-order valence-corrected chi connectivity index (χ3v) is 5.85. The predicted molar refractivity (Wildman–Crippen MR) is 115 cm³/mol. The van der Waals surface area contributed by atoms with Gasteiger partial charge in [-0.3, -0.25) is 9.36 Å². The lowest BCUT2D eigenvalue weighted by molar-refractivity contribution is -0.115. The minimum Gasteiger partial charge on any atom is -0.378 e. The van der Waals surface area contributed by atoms with Gasteiger partial charge < -0.3 is 15.0 Å². The van der Waals surface area contributed by atoms with E-state index in [1.165, 1.54) is 24.2 Å². The topological polar surface area (TPSA) is 72.3 Å². The smallest absolute Gasteiger partial charge is 0.237 e. The number of anilines is 2. The van der Waals surface area contributed by atoms with Crippen LogP contribution in [-0.2, 0) is 9.53 Å². The molecule has 0 aliphatic carbocycles. The number of hydrogen-bond donors (Lipinski definition) is 1. The van der Waals surface area contributed by atoms with Gasteiger partial charge in [-0.15, -0.1) is 10.2 Å². The summed E-state index contributed by atoms with van der Waals surface area (Å²) in [6, 6.07) is 14.1. The summed E-state index contributed by atoms with van der Waals surface area (Å²) in [7, 11) is 0. The molecule has 1 fully saturated rings. The molecule has 0 bridgehead atoms. The molecule has 1 saturated heterocycles. The van der Waals surface area contributed by atoms with Crippen LogP contribution in [0.5, 0.6) is 0 Å². The molecule has 1 amide bonds. The fraction of sp³-hybridized carbons (Fsp3) is 0.286. The Morgan fingerprint density at radius 1 is 1.17 bits per heavy atom. The SMILES string of the molecule is CC(Sc1nncn1-c1ccccc1F)C(=O)Nc1ccc(N2CCOCC2)cc1. The molecule has 1 atom stereocenters. The minimum absolute atomic E-state index is 0.165. The van der Waals surface area contributed by atoms with Gasteiger partial charge in [0.25, 0.3) is 0 Å². The highest BCUT2D eigenvalue weighted by atomic mass is 32.2. The summed E-state index contributed by atoms with van der Waals surface area (Å²) in [5, 5.41) is 10.8. The van der Waals surface area contributed by atoms with Crippen LogP contribution in [0, 0.1) is 5.82 Å². The number of ether oxygens (including phenoxy) is 1. The van der Waals surface area contributed by atoms with Crippen LogP contribution in [0.4, 0.5) is 15.8 Å². The number of halogens is 1. The molecule has 0 radical (unpaired) electrons. The number of carbonyl (C=O) groups excluding carboxylic acids is 1. The summed E-state index contributed by atoms with van der Waals surface area (Å²) >= 11 is 1.22. The second kappa shape index (κ2) is 9.27. The fourth-order valence-corrected chi connectivity index (χ4v) is 3.99. The molecule has 3 aromatic rings. The van der Waals surface area contributed by atoms with E-state index in [0.717, 1.165) is 37.7 Å². The molecule has 2 aromatic carbocycles. The quantitative estimate of drug-likeness (QED) is 0.608. The number of morpholine rings is 1. The number of carbonyl (C=O) groups is 1. The van der Waals surface area contributed by atoms with Crippen LogP contribution in [0.1, 0.15) is 6.92 Å². The number of nitrogens with one attached hydrogen (secondary N) is 1. The summed E-state index contributed by atoms with van der Waals surface area (Å²) in [5.74, 6) is -0.543. The lowest BCUT2D eigenvalue weighted by Gasteiger charge is -2.28. The van der Waals surface area contributed by atoms with Crippen molar-refractivity contribution in [3.05, 3.63) is 60.7 Å². The Bertz CT molecular complexity index is 1000. The number of amides is 1. The van der Waals surface area contributed by atoms with Gasteiger partial charge >= 0.3 is 0 Å². The van der Waals surface area contributed by atoms with Crippen LogP contribution in [0.3, 0.4) is 0 Å². The maximum Gasteiger partial charge on any atom is 0.237 e. The Morgan fingerprint density at radius 3 is 2.63 bits per heavy atom. The largest absolute Gasteiger partial charge is 0.378 e. The van der Waals surface area contributed by atoms with Gasteiger partial charge in [-0.25, -0.2) is 4.39 Å². The normalized spacial score (nSPS) is 15.1. The Hall–Kier alpha value is -2.91. The Labute approximate surface area is 178 Å². The zero-order valence-electron chi connectivity index (χ0n) is 16.5. The van der Waals surface area contributed by atoms with Crippen molar-refractivity contribution in [3.63, 3.8) is 0 Å². The van der Waals surface area contributed by atoms with Gasteiger partial charge in [0.1, 0.15) is 12.1 Å². The van der Waals surface area contributed by atoms with Crippen LogP contribution < -0.4 is 10.2 Å². The van der Waals surface area contributed by atoms with E-state index >= 15 is 0 Å². The van der Waals surface area contributed by atoms with Gasteiger partial charge in [-0.2, -0.15) is 0 Å². The molecule has 1 aliphatic rings. The van der Waals surface area contributed by atoms with Gasteiger partial charge in [0, 0.05) is 24.5 Å². The maximum absolute atomic E-state index is 14.1. The number of hydrogen-bond acceptors (Lipinski definition) is 6. The molecule has 1 unspecified atom stereocenters.